The zero-order valence-corrected chi connectivity index (χ0v) is 39.4. The van der Waals surface area contributed by atoms with Gasteiger partial charge in [0.25, 0.3) is 12.7 Å². The van der Waals surface area contributed by atoms with Crippen LogP contribution in [0.4, 0.5) is 0 Å². The summed E-state index contributed by atoms with van der Waals surface area (Å²) < 4.78 is 13.1. The molecule has 2 aliphatic heterocycles. The second-order valence-electron chi connectivity index (χ2n) is 15.2. The maximum Gasteiger partial charge on any atom is 0.331 e. The molecule has 3 aromatic carbocycles. The van der Waals surface area contributed by atoms with E-state index in [0.29, 0.717) is 53.5 Å². The predicted molar refractivity (Wildman–Crippen MR) is 240 cm³/mol. The monoisotopic (exact) mass is 1040 g/mol. The minimum Gasteiger partial charge on any atom is -0.451 e. The summed E-state index contributed by atoms with van der Waals surface area (Å²) in [4.78, 5) is 59.2. The number of ketones is 1. The van der Waals surface area contributed by atoms with Crippen molar-refractivity contribution in [2.45, 2.75) is 96.6 Å². The Hall–Kier alpha value is -2.19. The topological polar surface area (TPSA) is 127 Å². The highest BCUT2D eigenvalue weighted by Crippen LogP contribution is 2.33. The van der Waals surface area contributed by atoms with Crippen molar-refractivity contribution in [2.75, 3.05) is 0 Å². The molecule has 0 unspecified atom stereocenters. The van der Waals surface area contributed by atoms with E-state index in [4.69, 9.17) is 44.3 Å². The zero-order valence-electron chi connectivity index (χ0n) is 32.3. The lowest BCUT2D eigenvalue weighted by Gasteiger charge is -2.34. The molecular weight excluding hydrogens is 1000 g/mol. The van der Waals surface area contributed by atoms with E-state index in [-0.39, 0.29) is 24.3 Å². The lowest BCUT2D eigenvalue weighted by molar-refractivity contribution is -0.240. The van der Waals surface area contributed by atoms with E-state index in [1.807, 2.05) is 48.5 Å². The molecule has 1 saturated carbocycles. The molecule has 6 rings (SSSR count). The van der Waals surface area contributed by atoms with Crippen LogP contribution in [0.15, 0.2) is 68.0 Å². The van der Waals surface area contributed by atoms with E-state index < -0.39 is 30.6 Å². The van der Waals surface area contributed by atoms with Gasteiger partial charge in [-0.2, -0.15) is 0 Å². The van der Waals surface area contributed by atoms with Gasteiger partial charge >= 0.3 is 19.4 Å². The SMILES string of the molecule is CB(O)C[C@H](Cc1ccc(Br)cc1Cl)CC1C(=O)OC(C)(C)OC1=O.O=C1CC[C@@H](Cc2ccc(Br)cc2Cl)C1.O=C[B]N1C(=O)CC[C@H]1Cc1ccc(Br)cc1Cl. The Labute approximate surface area is 381 Å². The highest BCUT2D eigenvalue weighted by Gasteiger charge is 2.44. The standard InChI is InChI=1S/C17H21BBrClO5.C12H11BBrClNO2.C12H12BrClO/c1-17(2)24-15(21)13(16(22)25-17)7-10(9-18(3)23)6-11-4-5-12(19)8-14(11)20;14-9-2-1-8(11(15)6-9)5-10-3-4-12(18)16(10)13-7-17;13-10-3-2-9(12(14)7-10)5-8-1-4-11(15)6-8/h4-5,8,10,13,23H,6-7,9H2,1-3H3;1-2,6-7,10H,3-5H2;2-3,7-8H,1,4-6H2/t2*10-;8-/m100/s1. The van der Waals surface area contributed by atoms with Gasteiger partial charge in [-0.25, -0.2) is 0 Å². The number of carbonyl (C=O) groups excluding carboxylic acids is 5. The average molecular weight is 1050 g/mol. The van der Waals surface area contributed by atoms with E-state index in [9.17, 15) is 29.0 Å². The molecule has 9 nitrogen and oxygen atoms in total. The van der Waals surface area contributed by atoms with Gasteiger partial charge in [-0.1, -0.05) is 108 Å². The summed E-state index contributed by atoms with van der Waals surface area (Å²) in [6.07, 6.45) is 7.21. The van der Waals surface area contributed by atoms with Gasteiger partial charge in [-0.15, -0.1) is 0 Å². The lowest BCUT2D eigenvalue weighted by Crippen LogP contribution is -2.47. The fraction of sp³-hybridized carbons (Fsp3) is 0.439. The highest BCUT2D eigenvalue weighted by atomic mass is 79.9. The fourth-order valence-electron chi connectivity index (χ4n) is 7.25. The number of ether oxygens (including phenoxy) is 2. The summed E-state index contributed by atoms with van der Waals surface area (Å²) >= 11 is 28.7. The molecule has 3 atom stereocenters. The van der Waals surface area contributed by atoms with E-state index in [1.54, 1.807) is 12.9 Å². The number of esters is 2. The molecule has 2 heterocycles. The number of halogens is 6. The molecule has 58 heavy (non-hydrogen) atoms. The summed E-state index contributed by atoms with van der Waals surface area (Å²) in [7, 11) is 1.31. The van der Waals surface area contributed by atoms with Gasteiger partial charge in [0.2, 0.25) is 5.91 Å². The van der Waals surface area contributed by atoms with Crippen LogP contribution in [0.1, 0.15) is 69.1 Å². The van der Waals surface area contributed by atoms with Gasteiger partial charge in [0, 0.05) is 67.6 Å². The minimum absolute atomic E-state index is 0.000309. The number of benzene rings is 3. The normalized spacial score (nSPS) is 19.3. The Morgan fingerprint density at radius 2 is 1.36 bits per heavy atom. The van der Waals surface area contributed by atoms with Gasteiger partial charge in [0.15, 0.2) is 5.92 Å². The number of hydrogen-bond acceptors (Lipinski definition) is 8. The fourth-order valence-corrected chi connectivity index (χ4v) is 9.50. The van der Waals surface area contributed by atoms with Crippen molar-refractivity contribution in [3.05, 3.63) is 99.8 Å². The average Bonchev–Trinajstić information content (AvgIpc) is 3.70. The molecule has 3 fully saturated rings. The molecule has 3 aromatic rings. The maximum atomic E-state index is 12.2. The highest BCUT2D eigenvalue weighted by molar-refractivity contribution is 9.11. The number of Topliss-reactive ketones (excluding diaryl/α,β-unsaturated/α-hetero) is 1. The molecule has 3 aliphatic rings. The largest absolute Gasteiger partial charge is 0.451 e. The van der Waals surface area contributed by atoms with Crippen molar-refractivity contribution in [3.8, 4) is 0 Å². The number of carbonyl (C=O) groups is 5. The molecule has 0 spiro atoms. The first-order valence-electron chi connectivity index (χ1n) is 18.9. The predicted octanol–water partition coefficient (Wildman–Crippen LogP) is 10.2. The summed E-state index contributed by atoms with van der Waals surface area (Å²) in [5.74, 6) is -2.61. The van der Waals surface area contributed by atoms with Crippen LogP contribution in [0.25, 0.3) is 0 Å². The van der Waals surface area contributed by atoms with Crippen LogP contribution in [0.2, 0.25) is 28.2 Å². The Morgan fingerprint density at radius 1 is 0.845 bits per heavy atom. The van der Waals surface area contributed by atoms with Crippen LogP contribution >= 0.6 is 82.6 Å². The Morgan fingerprint density at radius 3 is 1.83 bits per heavy atom. The number of hydrogen-bond donors (Lipinski definition) is 1. The van der Waals surface area contributed by atoms with Crippen LogP contribution in [0, 0.1) is 17.8 Å². The van der Waals surface area contributed by atoms with E-state index in [2.05, 4.69) is 47.8 Å². The molecule has 1 aliphatic carbocycles. The molecule has 309 valence electrons. The molecule has 1 N–H and O–H groups in total. The van der Waals surface area contributed by atoms with Gasteiger partial charge < -0.3 is 24.1 Å². The molecule has 0 bridgehead atoms. The van der Waals surface area contributed by atoms with Crippen molar-refractivity contribution in [3.63, 3.8) is 0 Å². The lowest BCUT2D eigenvalue weighted by atomic mass is 9.62. The molecule has 1 radical (unpaired) electrons. The van der Waals surface area contributed by atoms with Crippen molar-refractivity contribution in [1.29, 1.82) is 0 Å². The quantitative estimate of drug-likeness (QED) is 0.0823. The summed E-state index contributed by atoms with van der Waals surface area (Å²) in [5, 5.41) is 11.9. The summed E-state index contributed by atoms with van der Waals surface area (Å²) in [5.41, 5.74) is 3.04. The van der Waals surface area contributed by atoms with Gasteiger partial charge in [-0.3, -0.25) is 19.2 Å². The zero-order chi connectivity index (χ0) is 42.7. The summed E-state index contributed by atoms with van der Waals surface area (Å²) in [6.45, 7) is 4.16. The Bertz CT molecular complexity index is 1950. The molecule has 17 heteroatoms. The smallest absolute Gasteiger partial charge is 0.331 e. The van der Waals surface area contributed by atoms with Crippen LogP contribution in [0.3, 0.4) is 0 Å². The second kappa shape index (κ2) is 22.6. The third kappa shape index (κ3) is 15.1. The maximum absolute atomic E-state index is 12.2. The van der Waals surface area contributed by atoms with Crippen molar-refractivity contribution < 1.29 is 38.5 Å². The first-order valence-corrected chi connectivity index (χ1v) is 22.4. The third-order valence-electron chi connectivity index (χ3n) is 9.97. The molecule has 2 saturated heterocycles. The van der Waals surface area contributed by atoms with E-state index >= 15 is 0 Å². The number of amides is 1. The third-order valence-corrected chi connectivity index (χ3v) is 12.5. The molecule has 0 aromatic heterocycles. The Kier molecular flexibility index (Phi) is 18.9. The Balaban J connectivity index is 0.000000199. The van der Waals surface area contributed by atoms with Gasteiger partial charge in [0.1, 0.15) is 12.0 Å². The first kappa shape index (κ1) is 48.5. The van der Waals surface area contributed by atoms with E-state index in [0.717, 1.165) is 67.2 Å². The summed E-state index contributed by atoms with van der Waals surface area (Å²) in [6, 6.07) is 17.2. The van der Waals surface area contributed by atoms with Gasteiger partial charge in [0.05, 0.1) is 0 Å². The van der Waals surface area contributed by atoms with E-state index in [1.165, 1.54) is 26.1 Å². The number of cyclic esters (lactones) is 2. The number of rotatable bonds is 12. The van der Waals surface area contributed by atoms with Crippen molar-refractivity contribution >= 4 is 127 Å². The van der Waals surface area contributed by atoms with Crippen LogP contribution in [-0.2, 0) is 52.7 Å². The molecule has 1 amide bonds. The number of nitrogens with zero attached hydrogens (tertiary/aromatic N) is 1. The first-order chi connectivity index (χ1) is 27.3. The molecular formula is C41H44B2Br3Cl3NO8. The van der Waals surface area contributed by atoms with Crippen molar-refractivity contribution in [1.82, 2.24) is 4.81 Å². The van der Waals surface area contributed by atoms with Crippen LogP contribution in [-0.4, -0.2) is 65.8 Å². The van der Waals surface area contributed by atoms with Crippen LogP contribution in [0.5, 0.6) is 0 Å². The van der Waals surface area contributed by atoms with Crippen LogP contribution < -0.4 is 0 Å². The second-order valence-corrected chi connectivity index (χ2v) is 19.2. The van der Waals surface area contributed by atoms with Gasteiger partial charge in [-0.05, 0) is 110 Å². The minimum atomic E-state index is -1.24. The van der Waals surface area contributed by atoms with Crippen molar-refractivity contribution in [2.24, 2.45) is 17.8 Å².